The molecule has 1 aromatic rings. The summed E-state index contributed by atoms with van der Waals surface area (Å²) in [6, 6.07) is 8.98. The van der Waals surface area contributed by atoms with Crippen LogP contribution in [0.4, 0.5) is 0 Å². The van der Waals surface area contributed by atoms with E-state index in [1.165, 1.54) is 31.2 Å². The maximum absolute atomic E-state index is 9.24. The molecule has 0 spiro atoms. The lowest BCUT2D eigenvalue weighted by Crippen LogP contribution is -2.35. The molecule has 0 atom stereocenters. The highest BCUT2D eigenvalue weighted by Crippen LogP contribution is 2.24. The summed E-state index contributed by atoms with van der Waals surface area (Å²) in [5.74, 6) is 5.90. The summed E-state index contributed by atoms with van der Waals surface area (Å²) in [5.41, 5.74) is 7.66. The Hall–Kier alpha value is -1.34. The number of hydrogen-bond acceptors (Lipinski definition) is 3. The van der Waals surface area contributed by atoms with E-state index in [-0.39, 0.29) is 6.61 Å². The molecule has 1 aromatic carbocycles. The summed E-state index contributed by atoms with van der Waals surface area (Å²) in [7, 11) is 0. The Kier molecular flexibility index (Phi) is 6.07. The van der Waals surface area contributed by atoms with Gasteiger partial charge >= 0.3 is 0 Å². The summed E-state index contributed by atoms with van der Waals surface area (Å²) < 4.78 is 0. The van der Waals surface area contributed by atoms with Crippen molar-refractivity contribution in [3.05, 3.63) is 35.4 Å². The molecule has 108 valence electrons. The van der Waals surface area contributed by atoms with Crippen LogP contribution in [-0.2, 0) is 6.54 Å². The van der Waals surface area contributed by atoms with E-state index in [2.05, 4.69) is 28.9 Å². The highest BCUT2D eigenvalue weighted by Gasteiger charge is 2.21. The summed E-state index contributed by atoms with van der Waals surface area (Å²) in [5, 5.41) is 9.24. The number of aliphatic hydroxyl groups excluding tert-OH is 1. The van der Waals surface area contributed by atoms with Crippen molar-refractivity contribution in [2.75, 3.05) is 19.7 Å². The third-order valence-corrected chi connectivity index (χ3v) is 3.90. The van der Waals surface area contributed by atoms with Crippen LogP contribution >= 0.6 is 0 Å². The number of nitrogens with two attached hydrogens (primary N) is 1. The highest BCUT2D eigenvalue weighted by atomic mass is 16.3. The van der Waals surface area contributed by atoms with Gasteiger partial charge in [-0.25, -0.2) is 0 Å². The number of benzene rings is 1. The van der Waals surface area contributed by atoms with Crippen LogP contribution in [0.2, 0.25) is 0 Å². The molecule has 0 radical (unpaired) electrons. The molecule has 0 aliphatic heterocycles. The zero-order valence-corrected chi connectivity index (χ0v) is 12.0. The van der Waals surface area contributed by atoms with Gasteiger partial charge in [-0.3, -0.25) is 4.90 Å². The zero-order chi connectivity index (χ0) is 14.2. The van der Waals surface area contributed by atoms with Crippen LogP contribution in [-0.4, -0.2) is 35.7 Å². The second-order valence-corrected chi connectivity index (χ2v) is 5.34. The second-order valence-electron chi connectivity index (χ2n) is 5.34. The minimum absolute atomic E-state index is 0.233. The topological polar surface area (TPSA) is 49.5 Å². The summed E-state index contributed by atoms with van der Waals surface area (Å²) in [4.78, 5) is 2.41. The van der Waals surface area contributed by atoms with E-state index in [9.17, 15) is 5.11 Å². The van der Waals surface area contributed by atoms with Crippen molar-refractivity contribution in [2.24, 2.45) is 5.73 Å². The lowest BCUT2D eigenvalue weighted by atomic mass is 10.1. The van der Waals surface area contributed by atoms with Gasteiger partial charge in [0.05, 0.1) is 13.2 Å². The second kappa shape index (κ2) is 8.06. The fourth-order valence-corrected chi connectivity index (χ4v) is 2.87. The quantitative estimate of drug-likeness (QED) is 0.803. The molecule has 0 heterocycles. The average molecular weight is 272 g/mol. The van der Waals surface area contributed by atoms with Crippen LogP contribution in [0.3, 0.4) is 0 Å². The average Bonchev–Trinajstić information content (AvgIpc) is 3.00. The Labute approximate surface area is 121 Å². The Bertz CT molecular complexity index is 452. The van der Waals surface area contributed by atoms with Gasteiger partial charge in [0.1, 0.15) is 0 Å². The summed E-state index contributed by atoms with van der Waals surface area (Å²) >= 11 is 0. The first kappa shape index (κ1) is 15.1. The summed E-state index contributed by atoms with van der Waals surface area (Å²) in [6.07, 6.45) is 5.17. The number of aliphatic hydroxyl groups is 1. The maximum atomic E-state index is 9.24. The van der Waals surface area contributed by atoms with Gasteiger partial charge in [0.15, 0.2) is 0 Å². The molecule has 3 heteroatoms. The van der Waals surface area contributed by atoms with Crippen LogP contribution in [0, 0.1) is 11.8 Å². The van der Waals surface area contributed by atoms with E-state index < -0.39 is 0 Å². The van der Waals surface area contributed by atoms with E-state index in [1.807, 2.05) is 12.1 Å². The number of rotatable bonds is 5. The van der Waals surface area contributed by atoms with Crippen molar-refractivity contribution >= 4 is 0 Å². The Morgan fingerprint density at radius 1 is 1.20 bits per heavy atom. The van der Waals surface area contributed by atoms with Gasteiger partial charge in [-0.2, -0.15) is 0 Å². The van der Waals surface area contributed by atoms with E-state index in [0.717, 1.165) is 18.7 Å². The molecule has 0 bridgehead atoms. The van der Waals surface area contributed by atoms with Crippen LogP contribution in [0.15, 0.2) is 24.3 Å². The van der Waals surface area contributed by atoms with Crippen molar-refractivity contribution < 1.29 is 5.11 Å². The fraction of sp³-hybridized carbons (Fsp3) is 0.529. The molecule has 1 saturated carbocycles. The molecule has 0 unspecified atom stereocenters. The van der Waals surface area contributed by atoms with E-state index in [1.54, 1.807) is 0 Å². The molecule has 0 amide bonds. The molecule has 0 saturated heterocycles. The maximum Gasteiger partial charge on any atom is 0.0558 e. The van der Waals surface area contributed by atoms with Crippen LogP contribution in [0.5, 0.6) is 0 Å². The monoisotopic (exact) mass is 272 g/mol. The SMILES string of the molecule is NCC#Cc1ccc(CN(CCO)C2CCCC2)cc1. The first-order valence-corrected chi connectivity index (χ1v) is 7.46. The highest BCUT2D eigenvalue weighted by molar-refractivity contribution is 5.36. The first-order valence-electron chi connectivity index (χ1n) is 7.46. The van der Waals surface area contributed by atoms with Gasteiger partial charge < -0.3 is 10.8 Å². The van der Waals surface area contributed by atoms with Gasteiger partial charge in [0.2, 0.25) is 0 Å². The Balaban J connectivity index is 1.98. The van der Waals surface area contributed by atoms with Crippen molar-refractivity contribution in [3.63, 3.8) is 0 Å². The van der Waals surface area contributed by atoms with E-state index >= 15 is 0 Å². The van der Waals surface area contributed by atoms with Crippen molar-refractivity contribution in [1.82, 2.24) is 4.90 Å². The Morgan fingerprint density at radius 2 is 1.90 bits per heavy atom. The van der Waals surface area contributed by atoms with Crippen LogP contribution in [0.25, 0.3) is 0 Å². The minimum atomic E-state index is 0.233. The van der Waals surface area contributed by atoms with Gasteiger partial charge in [0, 0.05) is 24.7 Å². The molecular weight excluding hydrogens is 248 g/mol. The molecule has 3 nitrogen and oxygen atoms in total. The van der Waals surface area contributed by atoms with Crippen molar-refractivity contribution in [2.45, 2.75) is 38.3 Å². The number of hydrogen-bond donors (Lipinski definition) is 2. The van der Waals surface area contributed by atoms with E-state index in [0.29, 0.717) is 12.6 Å². The first-order chi connectivity index (χ1) is 9.83. The third-order valence-electron chi connectivity index (χ3n) is 3.90. The smallest absolute Gasteiger partial charge is 0.0558 e. The molecule has 0 aromatic heterocycles. The molecule has 1 aliphatic rings. The van der Waals surface area contributed by atoms with Gasteiger partial charge in [-0.15, -0.1) is 0 Å². The zero-order valence-electron chi connectivity index (χ0n) is 12.0. The van der Waals surface area contributed by atoms with Gasteiger partial charge in [-0.05, 0) is 30.5 Å². The van der Waals surface area contributed by atoms with Crippen molar-refractivity contribution in [3.8, 4) is 11.8 Å². The predicted molar refractivity (Wildman–Crippen MR) is 82.1 cm³/mol. The normalized spacial score (nSPS) is 15.3. The molecule has 1 fully saturated rings. The molecule has 2 rings (SSSR count). The standard InChI is InChI=1S/C17H24N2O/c18-11-3-4-15-7-9-16(10-8-15)14-19(12-13-20)17-5-1-2-6-17/h7-10,17,20H,1-2,5-6,11-14,18H2. The molecule has 3 N–H and O–H groups in total. The molecular formula is C17H24N2O. The van der Waals surface area contributed by atoms with Gasteiger partial charge in [-0.1, -0.05) is 36.8 Å². The lowest BCUT2D eigenvalue weighted by molar-refractivity contribution is 0.145. The largest absolute Gasteiger partial charge is 0.395 e. The fourth-order valence-electron chi connectivity index (χ4n) is 2.87. The van der Waals surface area contributed by atoms with Crippen LogP contribution < -0.4 is 5.73 Å². The lowest BCUT2D eigenvalue weighted by Gasteiger charge is -2.28. The van der Waals surface area contributed by atoms with Crippen LogP contribution in [0.1, 0.15) is 36.8 Å². The number of nitrogens with zero attached hydrogens (tertiary/aromatic N) is 1. The summed E-state index contributed by atoms with van der Waals surface area (Å²) in [6.45, 7) is 2.31. The molecule has 20 heavy (non-hydrogen) atoms. The van der Waals surface area contributed by atoms with Crippen molar-refractivity contribution in [1.29, 1.82) is 0 Å². The third kappa shape index (κ3) is 4.35. The van der Waals surface area contributed by atoms with E-state index in [4.69, 9.17) is 5.73 Å². The van der Waals surface area contributed by atoms with Gasteiger partial charge in [0.25, 0.3) is 0 Å². The molecule has 1 aliphatic carbocycles. The Morgan fingerprint density at radius 3 is 2.50 bits per heavy atom. The predicted octanol–water partition coefficient (Wildman–Crippen LogP) is 1.73. The minimum Gasteiger partial charge on any atom is -0.395 e.